The van der Waals surface area contributed by atoms with Gasteiger partial charge in [0.05, 0.1) is 11.8 Å². The van der Waals surface area contributed by atoms with Crippen molar-refractivity contribution in [3.8, 4) is 6.07 Å². The maximum Gasteiger partial charge on any atom is 0.244 e. The molecule has 1 unspecified atom stereocenters. The van der Waals surface area contributed by atoms with Gasteiger partial charge in [-0.25, -0.2) is 13.2 Å². The molecule has 18 heavy (non-hydrogen) atoms. The summed E-state index contributed by atoms with van der Waals surface area (Å²) < 4.78 is 38.9. The van der Waals surface area contributed by atoms with Gasteiger partial charge in [0.1, 0.15) is 11.2 Å². The molecule has 0 saturated carbocycles. The Morgan fingerprint density at radius 1 is 1.33 bits per heavy atom. The van der Waals surface area contributed by atoms with E-state index in [1.807, 2.05) is 0 Å². The van der Waals surface area contributed by atoms with E-state index >= 15 is 0 Å². The van der Waals surface area contributed by atoms with Crippen molar-refractivity contribution in [2.75, 3.05) is 5.32 Å². The van der Waals surface area contributed by atoms with Gasteiger partial charge in [-0.15, -0.1) is 0 Å². The van der Waals surface area contributed by atoms with Crippen molar-refractivity contribution in [1.82, 2.24) is 0 Å². The van der Waals surface area contributed by atoms with Crippen molar-refractivity contribution in [2.45, 2.75) is 20.3 Å². The van der Waals surface area contributed by atoms with Crippen LogP contribution in [0.3, 0.4) is 0 Å². The lowest BCUT2D eigenvalue weighted by atomic mass is 9.88. The van der Waals surface area contributed by atoms with Gasteiger partial charge in [0.2, 0.25) is 5.91 Å². The molecule has 0 aliphatic rings. The number of halogens is 3. The van der Waals surface area contributed by atoms with Gasteiger partial charge in [0.15, 0.2) is 11.6 Å². The van der Waals surface area contributed by atoms with E-state index in [1.54, 1.807) is 13.0 Å². The van der Waals surface area contributed by atoms with E-state index in [4.69, 9.17) is 5.26 Å². The molecule has 0 fully saturated rings. The minimum absolute atomic E-state index is 0.209. The first kappa shape index (κ1) is 14.0. The van der Waals surface area contributed by atoms with Crippen LogP contribution >= 0.6 is 0 Å². The van der Waals surface area contributed by atoms with Gasteiger partial charge >= 0.3 is 0 Å². The Morgan fingerprint density at radius 3 is 2.39 bits per heavy atom. The van der Waals surface area contributed by atoms with Crippen molar-refractivity contribution in [3.63, 3.8) is 0 Å². The monoisotopic (exact) mass is 256 g/mol. The van der Waals surface area contributed by atoms with E-state index in [9.17, 15) is 18.0 Å². The summed E-state index contributed by atoms with van der Waals surface area (Å²) in [7, 11) is 0. The normalized spacial score (nSPS) is 13.6. The number of anilines is 1. The van der Waals surface area contributed by atoms with Crippen molar-refractivity contribution in [2.24, 2.45) is 5.41 Å². The van der Waals surface area contributed by atoms with Crippen LogP contribution in [0.2, 0.25) is 0 Å². The Kier molecular flexibility index (Phi) is 3.96. The number of carbonyl (C=O) groups excluding carboxylic acids is 1. The highest BCUT2D eigenvalue weighted by atomic mass is 19.2. The highest BCUT2D eigenvalue weighted by Gasteiger charge is 2.31. The largest absolute Gasteiger partial charge is 0.322 e. The molecule has 1 aromatic carbocycles. The Bertz CT molecular complexity index is 525. The van der Waals surface area contributed by atoms with E-state index < -0.39 is 34.5 Å². The summed E-state index contributed by atoms with van der Waals surface area (Å²) in [6.07, 6.45) is 0.209. The number of amides is 1. The fourth-order valence-corrected chi connectivity index (χ4v) is 1.17. The molecule has 0 spiro atoms. The molecule has 0 heterocycles. The molecule has 0 aliphatic heterocycles. The van der Waals surface area contributed by atoms with Crippen LogP contribution in [0, 0.1) is 34.2 Å². The van der Waals surface area contributed by atoms with E-state index in [0.717, 1.165) is 0 Å². The summed E-state index contributed by atoms with van der Waals surface area (Å²) in [5.74, 6) is -4.48. The molecule has 1 N–H and O–H groups in total. The van der Waals surface area contributed by atoms with Gasteiger partial charge in [0, 0.05) is 12.1 Å². The van der Waals surface area contributed by atoms with Crippen molar-refractivity contribution in [3.05, 3.63) is 29.6 Å². The highest BCUT2D eigenvalue weighted by molar-refractivity contribution is 5.96. The van der Waals surface area contributed by atoms with Gasteiger partial charge in [-0.05, 0) is 13.3 Å². The predicted octanol–water partition coefficient (Wildman–Crippen LogP) is 2.98. The number of nitrogens with one attached hydrogen (secondary N) is 1. The molecule has 6 heteroatoms. The summed E-state index contributed by atoms with van der Waals surface area (Å²) >= 11 is 0. The van der Waals surface area contributed by atoms with Crippen LogP contribution < -0.4 is 5.32 Å². The van der Waals surface area contributed by atoms with Crippen molar-refractivity contribution >= 4 is 11.6 Å². The Morgan fingerprint density at radius 2 is 1.89 bits per heavy atom. The third-order valence-corrected chi connectivity index (χ3v) is 2.71. The topological polar surface area (TPSA) is 52.9 Å². The molecule has 0 bridgehead atoms. The lowest BCUT2D eigenvalue weighted by molar-refractivity contribution is -0.122. The number of nitriles is 1. The molecule has 0 aliphatic carbocycles. The number of carbonyl (C=O) groups is 1. The first-order valence-corrected chi connectivity index (χ1v) is 5.21. The third kappa shape index (κ3) is 2.62. The molecule has 1 amide bonds. The number of nitrogens with zero attached hydrogens (tertiary/aromatic N) is 1. The molecule has 0 aromatic heterocycles. The number of hydrogen-bond donors (Lipinski definition) is 1. The third-order valence-electron chi connectivity index (χ3n) is 2.71. The average Bonchev–Trinajstić information content (AvgIpc) is 2.34. The first-order chi connectivity index (χ1) is 8.34. The van der Waals surface area contributed by atoms with E-state index in [-0.39, 0.29) is 6.42 Å². The maximum atomic E-state index is 13.3. The summed E-state index contributed by atoms with van der Waals surface area (Å²) in [5.41, 5.74) is -1.84. The molecule has 1 aromatic rings. The lowest BCUT2D eigenvalue weighted by Crippen LogP contribution is -2.31. The van der Waals surface area contributed by atoms with Gasteiger partial charge in [-0.1, -0.05) is 6.92 Å². The molecule has 1 rings (SSSR count). The molecule has 3 nitrogen and oxygen atoms in total. The zero-order chi connectivity index (χ0) is 13.9. The van der Waals surface area contributed by atoms with Gasteiger partial charge in [-0.3, -0.25) is 4.79 Å². The molecular formula is C12H11F3N2O. The van der Waals surface area contributed by atoms with Gasteiger partial charge < -0.3 is 5.32 Å². The van der Waals surface area contributed by atoms with Crippen LogP contribution in [0.15, 0.2) is 12.1 Å². The van der Waals surface area contributed by atoms with E-state index in [1.165, 1.54) is 6.92 Å². The predicted molar refractivity (Wildman–Crippen MR) is 59.0 cm³/mol. The zero-order valence-electron chi connectivity index (χ0n) is 9.85. The van der Waals surface area contributed by atoms with Crippen LogP contribution in [-0.4, -0.2) is 5.91 Å². The zero-order valence-corrected chi connectivity index (χ0v) is 9.85. The van der Waals surface area contributed by atoms with Crippen LogP contribution in [0.5, 0.6) is 0 Å². The average molecular weight is 256 g/mol. The Labute approximate surface area is 102 Å². The van der Waals surface area contributed by atoms with Crippen LogP contribution in [0.4, 0.5) is 18.9 Å². The summed E-state index contributed by atoms with van der Waals surface area (Å²) in [6, 6.07) is 2.66. The number of rotatable bonds is 3. The standard InChI is InChI=1S/C12H11F3N2O/c1-3-12(2,6-16)11(18)17-10-5-8(14)7(13)4-9(10)15/h4-5H,3H2,1-2H3,(H,17,18). The summed E-state index contributed by atoms with van der Waals surface area (Å²) in [4.78, 5) is 11.7. The quantitative estimate of drug-likeness (QED) is 0.845. The molecule has 0 radical (unpaired) electrons. The smallest absolute Gasteiger partial charge is 0.244 e. The molecular weight excluding hydrogens is 245 g/mol. The Balaban J connectivity index is 3.03. The summed E-state index contributed by atoms with van der Waals surface area (Å²) in [5, 5.41) is 10.9. The van der Waals surface area contributed by atoms with E-state index in [2.05, 4.69) is 5.32 Å². The second-order valence-corrected chi connectivity index (χ2v) is 4.00. The fraction of sp³-hybridized carbons (Fsp3) is 0.333. The van der Waals surface area contributed by atoms with Crippen molar-refractivity contribution < 1.29 is 18.0 Å². The number of benzene rings is 1. The van der Waals surface area contributed by atoms with Gasteiger partial charge in [-0.2, -0.15) is 5.26 Å². The molecule has 96 valence electrons. The minimum atomic E-state index is -1.35. The Hall–Kier alpha value is -2.03. The fourth-order valence-electron chi connectivity index (χ4n) is 1.17. The minimum Gasteiger partial charge on any atom is -0.322 e. The van der Waals surface area contributed by atoms with Crippen LogP contribution in [0.25, 0.3) is 0 Å². The maximum absolute atomic E-state index is 13.3. The van der Waals surface area contributed by atoms with Crippen LogP contribution in [0.1, 0.15) is 20.3 Å². The second-order valence-electron chi connectivity index (χ2n) is 4.00. The molecule has 1 atom stereocenters. The summed E-state index contributed by atoms with van der Waals surface area (Å²) in [6.45, 7) is 2.99. The van der Waals surface area contributed by atoms with Crippen molar-refractivity contribution in [1.29, 1.82) is 5.26 Å². The molecule has 0 saturated heterocycles. The second kappa shape index (κ2) is 5.08. The number of hydrogen-bond acceptors (Lipinski definition) is 2. The van der Waals surface area contributed by atoms with Gasteiger partial charge in [0.25, 0.3) is 0 Å². The highest BCUT2D eigenvalue weighted by Crippen LogP contribution is 2.24. The lowest BCUT2D eigenvalue weighted by Gasteiger charge is -2.18. The van der Waals surface area contributed by atoms with E-state index in [0.29, 0.717) is 12.1 Å². The first-order valence-electron chi connectivity index (χ1n) is 5.21. The van der Waals surface area contributed by atoms with Crippen LogP contribution in [-0.2, 0) is 4.79 Å². The SMILES string of the molecule is CCC(C)(C#N)C(=O)Nc1cc(F)c(F)cc1F.